The molecule has 2 N–H and O–H groups in total. The van der Waals surface area contributed by atoms with Gasteiger partial charge in [-0.1, -0.05) is 0 Å². The van der Waals surface area contributed by atoms with Crippen LogP contribution in [0.5, 0.6) is 0 Å². The second-order valence-corrected chi connectivity index (χ2v) is 4.93. The Morgan fingerprint density at radius 2 is 2.29 bits per heavy atom. The fourth-order valence-electron chi connectivity index (χ4n) is 2.21. The quantitative estimate of drug-likeness (QED) is 0.761. The third-order valence-corrected chi connectivity index (χ3v) is 3.46. The number of imidazole rings is 1. The van der Waals surface area contributed by atoms with Crippen molar-refractivity contribution in [2.75, 3.05) is 5.32 Å². The summed E-state index contributed by atoms with van der Waals surface area (Å²) in [5.41, 5.74) is 3.46. The van der Waals surface area contributed by atoms with Gasteiger partial charge in [0.05, 0.1) is 22.9 Å². The molecule has 7 nitrogen and oxygen atoms in total. The molecule has 1 aromatic carbocycles. The topological polar surface area (TPSA) is 88.5 Å². The van der Waals surface area contributed by atoms with Gasteiger partial charge in [0, 0.05) is 25.6 Å². The van der Waals surface area contributed by atoms with Gasteiger partial charge >= 0.3 is 0 Å². The van der Waals surface area contributed by atoms with Gasteiger partial charge in [-0.25, -0.2) is 4.98 Å². The molecule has 0 spiro atoms. The van der Waals surface area contributed by atoms with Crippen molar-refractivity contribution >= 4 is 22.6 Å². The lowest BCUT2D eigenvalue weighted by Crippen LogP contribution is -2.12. The monoisotopic (exact) mass is 284 g/mol. The zero-order valence-electron chi connectivity index (χ0n) is 11.9. The van der Waals surface area contributed by atoms with E-state index in [-0.39, 0.29) is 5.91 Å². The van der Waals surface area contributed by atoms with E-state index in [1.54, 1.807) is 6.20 Å². The highest BCUT2D eigenvalue weighted by molar-refractivity contribution is 5.93. The first-order valence-corrected chi connectivity index (χ1v) is 6.71. The number of hydrogen-bond acceptors (Lipinski definition) is 4. The van der Waals surface area contributed by atoms with Crippen LogP contribution in [0.15, 0.2) is 24.4 Å². The van der Waals surface area contributed by atoms with Gasteiger partial charge in [0.2, 0.25) is 5.91 Å². The van der Waals surface area contributed by atoms with E-state index in [2.05, 4.69) is 25.7 Å². The van der Waals surface area contributed by atoms with Crippen molar-refractivity contribution in [2.45, 2.75) is 19.8 Å². The van der Waals surface area contributed by atoms with Crippen LogP contribution in [0.1, 0.15) is 17.9 Å². The number of nitrogens with one attached hydrogen (secondary N) is 2. The van der Waals surface area contributed by atoms with Gasteiger partial charge in [-0.15, -0.1) is 0 Å². The van der Waals surface area contributed by atoms with Crippen molar-refractivity contribution in [1.29, 1.82) is 0 Å². The van der Waals surface area contributed by atoms with E-state index in [4.69, 9.17) is 0 Å². The Kier molecular flexibility index (Phi) is 3.39. The minimum atomic E-state index is -0.0509. The fourth-order valence-corrected chi connectivity index (χ4v) is 2.21. The SMILES string of the molecule is Cc1nc2cc(NC(=O)CCc3cn[nH]n3)ccc2n1C. The van der Waals surface area contributed by atoms with Gasteiger partial charge in [-0.05, 0) is 25.1 Å². The van der Waals surface area contributed by atoms with Gasteiger partial charge in [0.1, 0.15) is 5.82 Å². The van der Waals surface area contributed by atoms with E-state index in [9.17, 15) is 4.79 Å². The molecule has 0 saturated carbocycles. The highest BCUT2D eigenvalue weighted by atomic mass is 16.1. The third-order valence-electron chi connectivity index (χ3n) is 3.46. The molecule has 21 heavy (non-hydrogen) atoms. The predicted molar refractivity (Wildman–Crippen MR) is 78.8 cm³/mol. The smallest absolute Gasteiger partial charge is 0.224 e. The number of aryl methyl sites for hydroxylation is 3. The summed E-state index contributed by atoms with van der Waals surface area (Å²) < 4.78 is 2.02. The third kappa shape index (κ3) is 2.76. The highest BCUT2D eigenvalue weighted by Crippen LogP contribution is 2.19. The number of carbonyl (C=O) groups excluding carboxylic acids is 1. The average molecular weight is 284 g/mol. The van der Waals surface area contributed by atoms with Crippen molar-refractivity contribution in [2.24, 2.45) is 7.05 Å². The standard InChI is InChI=1S/C14H16N6O/c1-9-16-12-7-10(3-5-13(12)20(9)2)17-14(21)6-4-11-8-15-19-18-11/h3,5,7-8H,4,6H2,1-2H3,(H,17,21)(H,15,18,19). The predicted octanol–water partition coefficient (Wildman–Crippen LogP) is 1.57. The van der Waals surface area contributed by atoms with Crippen LogP contribution in [0.2, 0.25) is 0 Å². The number of aromatic nitrogens is 5. The molecule has 1 amide bonds. The fraction of sp³-hybridized carbons (Fsp3) is 0.286. The van der Waals surface area contributed by atoms with Crippen molar-refractivity contribution in [3.63, 3.8) is 0 Å². The summed E-state index contributed by atoms with van der Waals surface area (Å²) in [4.78, 5) is 16.4. The molecule has 0 aliphatic rings. The number of amides is 1. The lowest BCUT2D eigenvalue weighted by molar-refractivity contribution is -0.116. The van der Waals surface area contributed by atoms with Crippen LogP contribution in [-0.4, -0.2) is 30.9 Å². The van der Waals surface area contributed by atoms with Gasteiger partial charge in [0.25, 0.3) is 0 Å². The lowest BCUT2D eigenvalue weighted by atomic mass is 10.2. The molecule has 0 unspecified atom stereocenters. The molecule has 0 bridgehead atoms. The summed E-state index contributed by atoms with van der Waals surface area (Å²) in [6.07, 6.45) is 2.55. The number of rotatable bonds is 4. The molecular formula is C14H16N6O. The maximum absolute atomic E-state index is 11.9. The summed E-state index contributed by atoms with van der Waals surface area (Å²) in [5, 5.41) is 13.0. The minimum Gasteiger partial charge on any atom is -0.331 e. The molecule has 2 aromatic heterocycles. The molecule has 2 heterocycles. The summed E-state index contributed by atoms with van der Waals surface area (Å²) >= 11 is 0. The zero-order chi connectivity index (χ0) is 14.8. The van der Waals surface area contributed by atoms with Crippen molar-refractivity contribution < 1.29 is 4.79 Å². The molecule has 0 aliphatic carbocycles. The first-order chi connectivity index (χ1) is 10.1. The van der Waals surface area contributed by atoms with E-state index < -0.39 is 0 Å². The molecule has 0 aliphatic heterocycles. The van der Waals surface area contributed by atoms with Crippen LogP contribution in [0.3, 0.4) is 0 Å². The average Bonchev–Trinajstić information content (AvgIpc) is 3.06. The molecule has 108 valence electrons. The van der Waals surface area contributed by atoms with Gasteiger partial charge in [-0.2, -0.15) is 15.4 Å². The second kappa shape index (κ2) is 5.35. The van der Waals surface area contributed by atoms with E-state index in [0.717, 1.165) is 28.2 Å². The van der Waals surface area contributed by atoms with E-state index in [1.807, 2.05) is 36.7 Å². The Morgan fingerprint density at radius 3 is 3.05 bits per heavy atom. The van der Waals surface area contributed by atoms with E-state index in [0.29, 0.717) is 12.8 Å². The van der Waals surface area contributed by atoms with Gasteiger partial charge in [0.15, 0.2) is 0 Å². The van der Waals surface area contributed by atoms with Crippen LogP contribution in [0, 0.1) is 6.92 Å². The van der Waals surface area contributed by atoms with Crippen molar-refractivity contribution in [3.8, 4) is 0 Å². The lowest BCUT2D eigenvalue weighted by Gasteiger charge is -2.04. The Morgan fingerprint density at radius 1 is 1.43 bits per heavy atom. The molecule has 3 rings (SSSR count). The number of hydrogen-bond donors (Lipinski definition) is 2. The number of carbonyl (C=O) groups is 1. The summed E-state index contributed by atoms with van der Waals surface area (Å²) in [5.74, 6) is 0.893. The van der Waals surface area contributed by atoms with E-state index >= 15 is 0 Å². The first-order valence-electron chi connectivity index (χ1n) is 6.71. The number of aromatic amines is 1. The molecular weight excluding hydrogens is 268 g/mol. The first kappa shape index (κ1) is 13.3. The number of H-pyrrole nitrogens is 1. The Bertz CT molecular complexity index is 774. The number of benzene rings is 1. The Balaban J connectivity index is 1.68. The molecule has 0 atom stereocenters. The largest absolute Gasteiger partial charge is 0.331 e. The van der Waals surface area contributed by atoms with Crippen LogP contribution >= 0.6 is 0 Å². The van der Waals surface area contributed by atoms with E-state index in [1.165, 1.54) is 0 Å². The maximum Gasteiger partial charge on any atom is 0.224 e. The molecule has 7 heteroatoms. The molecule has 0 saturated heterocycles. The zero-order valence-corrected chi connectivity index (χ0v) is 11.9. The maximum atomic E-state index is 11.9. The van der Waals surface area contributed by atoms with Crippen LogP contribution in [0.4, 0.5) is 5.69 Å². The summed E-state index contributed by atoms with van der Waals surface area (Å²) in [6.45, 7) is 1.95. The highest BCUT2D eigenvalue weighted by Gasteiger charge is 2.08. The molecule has 3 aromatic rings. The summed E-state index contributed by atoms with van der Waals surface area (Å²) in [6, 6.07) is 5.73. The normalized spacial score (nSPS) is 11.0. The number of nitrogens with zero attached hydrogens (tertiary/aromatic N) is 4. The van der Waals surface area contributed by atoms with Crippen LogP contribution < -0.4 is 5.32 Å². The van der Waals surface area contributed by atoms with Gasteiger partial charge in [-0.3, -0.25) is 4.79 Å². The summed E-state index contributed by atoms with van der Waals surface area (Å²) in [7, 11) is 1.97. The number of fused-ring (bicyclic) bond motifs is 1. The Hall–Kier alpha value is -2.70. The van der Waals surface area contributed by atoms with Crippen molar-refractivity contribution in [1.82, 2.24) is 25.0 Å². The second-order valence-electron chi connectivity index (χ2n) is 4.93. The molecule has 0 radical (unpaired) electrons. The Labute approximate surface area is 121 Å². The minimum absolute atomic E-state index is 0.0509. The van der Waals surface area contributed by atoms with Crippen LogP contribution in [0.25, 0.3) is 11.0 Å². The molecule has 0 fully saturated rings. The van der Waals surface area contributed by atoms with Crippen LogP contribution in [-0.2, 0) is 18.3 Å². The van der Waals surface area contributed by atoms with Crippen molar-refractivity contribution in [3.05, 3.63) is 35.9 Å². The number of anilines is 1. The van der Waals surface area contributed by atoms with Gasteiger partial charge < -0.3 is 9.88 Å².